The van der Waals surface area contributed by atoms with Crippen LogP contribution < -0.4 is 0 Å². The van der Waals surface area contributed by atoms with E-state index in [9.17, 15) is 14.5 Å². The van der Waals surface area contributed by atoms with E-state index in [0.717, 1.165) is 0 Å². The van der Waals surface area contributed by atoms with Gasteiger partial charge in [0.2, 0.25) is 0 Å². The van der Waals surface area contributed by atoms with Gasteiger partial charge in [-0.3, -0.25) is 4.79 Å². The van der Waals surface area contributed by atoms with Gasteiger partial charge in [0.05, 0.1) is 11.1 Å². The van der Waals surface area contributed by atoms with Crippen LogP contribution in [-0.4, -0.2) is 35.0 Å². The van der Waals surface area contributed by atoms with E-state index in [1.807, 2.05) is 0 Å². The molecular weight excluding hydrogens is 236 g/mol. The van der Waals surface area contributed by atoms with Crippen LogP contribution in [0.4, 0.5) is 5.69 Å². The van der Waals surface area contributed by atoms with Gasteiger partial charge in [0.15, 0.2) is 0 Å². The van der Waals surface area contributed by atoms with Gasteiger partial charge < -0.3 is 10.0 Å². The molecule has 1 aromatic rings. The zero-order valence-corrected chi connectivity index (χ0v) is 10.2. The molecule has 0 bridgehead atoms. The molecule has 0 aliphatic rings. The molecule has 0 atom stereocenters. The van der Waals surface area contributed by atoms with Crippen molar-refractivity contribution >= 4 is 17.6 Å². The summed E-state index contributed by atoms with van der Waals surface area (Å²) in [7, 11) is 0. The molecule has 96 valence electrons. The van der Waals surface area contributed by atoms with E-state index >= 15 is 0 Å². The predicted molar refractivity (Wildman–Crippen MR) is 66.1 cm³/mol. The Labute approximate surface area is 104 Å². The van der Waals surface area contributed by atoms with Crippen LogP contribution in [-0.2, 0) is 0 Å². The van der Waals surface area contributed by atoms with Crippen LogP contribution in [0.1, 0.15) is 34.6 Å². The molecule has 6 heteroatoms. The Morgan fingerprint density at radius 2 is 1.83 bits per heavy atom. The lowest BCUT2D eigenvalue weighted by Crippen LogP contribution is -2.31. The van der Waals surface area contributed by atoms with E-state index in [2.05, 4.69) is 5.18 Å². The SMILES string of the molecule is CCN(CC)C(=O)c1cc(N=O)ccc1C(=O)O. The number of carbonyl (C=O) groups excluding carboxylic acids is 1. The maximum Gasteiger partial charge on any atom is 0.336 e. The molecule has 0 saturated heterocycles. The predicted octanol–water partition coefficient (Wildman–Crippen LogP) is 2.26. The zero-order chi connectivity index (χ0) is 13.7. The molecule has 0 saturated carbocycles. The van der Waals surface area contributed by atoms with Gasteiger partial charge in [-0.1, -0.05) is 0 Å². The van der Waals surface area contributed by atoms with Crippen LogP contribution >= 0.6 is 0 Å². The standard InChI is InChI=1S/C12H14N2O4/c1-3-14(4-2)11(15)10-7-8(13-18)5-6-9(10)12(16)17/h5-7H,3-4H2,1-2H3,(H,16,17). The molecule has 18 heavy (non-hydrogen) atoms. The van der Waals surface area contributed by atoms with Crippen molar-refractivity contribution in [2.45, 2.75) is 13.8 Å². The number of nitroso groups, excluding NO2 is 1. The summed E-state index contributed by atoms with van der Waals surface area (Å²) in [6.45, 7) is 4.52. The van der Waals surface area contributed by atoms with Crippen molar-refractivity contribution in [3.8, 4) is 0 Å². The maximum atomic E-state index is 12.1. The third-order valence-corrected chi connectivity index (χ3v) is 2.62. The number of hydrogen-bond acceptors (Lipinski definition) is 4. The average molecular weight is 250 g/mol. The first kappa shape index (κ1) is 13.8. The second-order valence-corrected chi connectivity index (χ2v) is 3.60. The Bertz CT molecular complexity index is 481. The number of carboxylic acid groups (broad SMARTS) is 1. The second kappa shape index (κ2) is 5.90. The Morgan fingerprint density at radius 1 is 1.22 bits per heavy atom. The van der Waals surface area contributed by atoms with Crippen LogP contribution in [0, 0.1) is 4.91 Å². The number of hydrogen-bond donors (Lipinski definition) is 1. The number of aromatic carboxylic acids is 1. The summed E-state index contributed by atoms with van der Waals surface area (Å²) in [5.74, 6) is -1.62. The summed E-state index contributed by atoms with van der Waals surface area (Å²) in [5, 5.41) is 11.7. The van der Waals surface area contributed by atoms with E-state index in [-0.39, 0.29) is 16.8 Å². The lowest BCUT2D eigenvalue weighted by molar-refractivity contribution is 0.0678. The number of amides is 1. The smallest absolute Gasteiger partial charge is 0.336 e. The third kappa shape index (κ3) is 2.71. The van der Waals surface area contributed by atoms with E-state index in [4.69, 9.17) is 5.11 Å². The highest BCUT2D eigenvalue weighted by Crippen LogP contribution is 2.20. The Morgan fingerprint density at radius 3 is 2.28 bits per heavy atom. The van der Waals surface area contributed by atoms with Crippen LogP contribution in [0.5, 0.6) is 0 Å². The molecule has 1 N–H and O–H groups in total. The molecule has 1 amide bonds. The average Bonchev–Trinajstić information content (AvgIpc) is 2.39. The van der Waals surface area contributed by atoms with Crippen molar-refractivity contribution in [2.75, 3.05) is 13.1 Å². The first-order valence-corrected chi connectivity index (χ1v) is 5.55. The summed E-state index contributed by atoms with van der Waals surface area (Å²) < 4.78 is 0. The highest BCUT2D eigenvalue weighted by Gasteiger charge is 2.20. The van der Waals surface area contributed by atoms with Gasteiger partial charge in [0.25, 0.3) is 5.91 Å². The fraction of sp³-hybridized carbons (Fsp3) is 0.333. The Kier molecular flexibility index (Phi) is 4.53. The molecule has 0 fully saturated rings. The van der Waals surface area contributed by atoms with Crippen LogP contribution in [0.25, 0.3) is 0 Å². The van der Waals surface area contributed by atoms with Crippen molar-refractivity contribution in [2.24, 2.45) is 5.18 Å². The van der Waals surface area contributed by atoms with Gasteiger partial charge in [-0.25, -0.2) is 4.79 Å². The molecule has 0 aromatic heterocycles. The minimum absolute atomic E-state index is 0.0108. The molecule has 0 spiro atoms. The summed E-state index contributed by atoms with van der Waals surface area (Å²) >= 11 is 0. The molecule has 0 radical (unpaired) electrons. The zero-order valence-electron chi connectivity index (χ0n) is 10.2. The summed E-state index contributed by atoms with van der Waals surface area (Å²) in [4.78, 5) is 35.1. The first-order valence-electron chi connectivity index (χ1n) is 5.55. The minimum Gasteiger partial charge on any atom is -0.478 e. The summed E-state index contributed by atoms with van der Waals surface area (Å²) in [6.07, 6.45) is 0. The van der Waals surface area contributed by atoms with Gasteiger partial charge in [0, 0.05) is 13.1 Å². The topological polar surface area (TPSA) is 87.0 Å². The highest BCUT2D eigenvalue weighted by molar-refractivity contribution is 6.05. The Hall–Kier alpha value is -2.24. The maximum absolute atomic E-state index is 12.1. The molecule has 1 rings (SSSR count). The number of nitrogens with zero attached hydrogens (tertiary/aromatic N) is 2. The minimum atomic E-state index is -1.21. The lowest BCUT2D eigenvalue weighted by atomic mass is 10.1. The van der Waals surface area contributed by atoms with E-state index in [0.29, 0.717) is 13.1 Å². The molecule has 0 aliphatic heterocycles. The van der Waals surface area contributed by atoms with Crippen molar-refractivity contribution in [1.82, 2.24) is 4.90 Å². The third-order valence-electron chi connectivity index (χ3n) is 2.62. The number of benzene rings is 1. The Balaban J connectivity index is 3.30. The number of carboxylic acids is 1. The normalized spacial score (nSPS) is 9.89. The second-order valence-electron chi connectivity index (χ2n) is 3.60. The van der Waals surface area contributed by atoms with E-state index < -0.39 is 11.9 Å². The van der Waals surface area contributed by atoms with Crippen molar-refractivity contribution in [1.29, 1.82) is 0 Å². The lowest BCUT2D eigenvalue weighted by Gasteiger charge is -2.19. The van der Waals surface area contributed by atoms with Crippen molar-refractivity contribution < 1.29 is 14.7 Å². The molecular formula is C12H14N2O4. The fourth-order valence-corrected chi connectivity index (χ4v) is 1.63. The highest BCUT2D eigenvalue weighted by atomic mass is 16.4. The van der Waals surface area contributed by atoms with Gasteiger partial charge in [-0.2, -0.15) is 0 Å². The van der Waals surface area contributed by atoms with Gasteiger partial charge in [-0.15, -0.1) is 4.91 Å². The number of carbonyl (C=O) groups is 2. The van der Waals surface area contributed by atoms with Crippen LogP contribution in [0.2, 0.25) is 0 Å². The molecule has 0 unspecified atom stereocenters. The van der Waals surface area contributed by atoms with Crippen molar-refractivity contribution in [3.05, 3.63) is 34.2 Å². The van der Waals surface area contributed by atoms with Crippen LogP contribution in [0.3, 0.4) is 0 Å². The van der Waals surface area contributed by atoms with Gasteiger partial charge in [-0.05, 0) is 37.2 Å². The van der Waals surface area contributed by atoms with Gasteiger partial charge >= 0.3 is 5.97 Å². The molecule has 0 heterocycles. The summed E-state index contributed by atoms with van der Waals surface area (Å²) in [5.41, 5.74) is -0.0990. The quantitative estimate of drug-likeness (QED) is 0.812. The van der Waals surface area contributed by atoms with E-state index in [1.165, 1.54) is 23.1 Å². The molecule has 0 aliphatic carbocycles. The summed E-state index contributed by atoms with van der Waals surface area (Å²) in [6, 6.07) is 3.70. The molecule has 6 nitrogen and oxygen atoms in total. The first-order chi connectivity index (χ1) is 8.54. The fourth-order valence-electron chi connectivity index (χ4n) is 1.63. The largest absolute Gasteiger partial charge is 0.478 e. The van der Waals surface area contributed by atoms with Gasteiger partial charge in [0.1, 0.15) is 5.69 Å². The van der Waals surface area contributed by atoms with Crippen molar-refractivity contribution in [3.63, 3.8) is 0 Å². The van der Waals surface area contributed by atoms with Crippen LogP contribution in [0.15, 0.2) is 23.4 Å². The molecule has 1 aromatic carbocycles. The monoisotopic (exact) mass is 250 g/mol. The number of rotatable bonds is 5. The van der Waals surface area contributed by atoms with E-state index in [1.54, 1.807) is 13.8 Å².